The minimum absolute atomic E-state index is 0.0361. The average molecular weight is 463 g/mol. The van der Waals surface area contributed by atoms with Gasteiger partial charge in [-0.3, -0.25) is 15.1 Å². The minimum Gasteiger partial charge on any atom is -0.507 e. The summed E-state index contributed by atoms with van der Waals surface area (Å²) >= 11 is 0. The van der Waals surface area contributed by atoms with Gasteiger partial charge < -0.3 is 5.11 Å². The molecule has 1 heterocycles. The topological polar surface area (TPSA) is 64.4 Å². The molecule has 0 spiro atoms. The van der Waals surface area contributed by atoms with Gasteiger partial charge in [-0.05, 0) is 36.5 Å². The quantitative estimate of drug-likeness (QED) is 0.405. The van der Waals surface area contributed by atoms with Crippen LogP contribution >= 0.6 is 0 Å². The molecule has 2 aliphatic rings. The normalized spacial score (nSPS) is 21.1. The van der Waals surface area contributed by atoms with Crippen LogP contribution in [0.2, 0.25) is 0 Å². The molecule has 0 radical (unpaired) electrons. The maximum absolute atomic E-state index is 13.8. The monoisotopic (exact) mass is 462 g/mol. The highest BCUT2D eigenvalue weighted by Gasteiger charge is 2.46. The summed E-state index contributed by atoms with van der Waals surface area (Å²) in [7, 11) is 0. The lowest BCUT2D eigenvalue weighted by atomic mass is 9.67. The van der Waals surface area contributed by atoms with Gasteiger partial charge in [-0.1, -0.05) is 92.2 Å². The van der Waals surface area contributed by atoms with E-state index in [1.54, 1.807) is 0 Å². The molecule has 35 heavy (non-hydrogen) atoms. The Kier molecular flexibility index (Phi) is 5.68. The van der Waals surface area contributed by atoms with Crippen LogP contribution in [-0.2, 0) is 4.79 Å². The summed E-state index contributed by atoms with van der Waals surface area (Å²) in [5.74, 6) is -0.197. The summed E-state index contributed by atoms with van der Waals surface area (Å²) in [5, 5.41) is 21.1. The molecule has 0 amide bonds. The molecule has 0 saturated heterocycles. The Bertz CT molecular complexity index is 1350. The third kappa shape index (κ3) is 4.10. The SMILES string of the molecule is Cc1ccc(C(O)=C2C(=N)N(c3ccccc3)C3=C(C(=O)CC(C)(C)C3)[C@H]2c2ccccc2)cc1. The third-order valence-electron chi connectivity index (χ3n) is 6.95. The Hall–Kier alpha value is -3.92. The van der Waals surface area contributed by atoms with Gasteiger partial charge in [0.2, 0.25) is 0 Å². The molecule has 1 atom stereocenters. The van der Waals surface area contributed by atoms with Crippen molar-refractivity contribution in [3.63, 3.8) is 0 Å². The maximum atomic E-state index is 13.8. The first-order valence-electron chi connectivity index (χ1n) is 12.0. The molecule has 0 saturated carbocycles. The molecule has 4 nitrogen and oxygen atoms in total. The molecule has 0 unspecified atom stereocenters. The van der Waals surface area contributed by atoms with E-state index < -0.39 is 5.92 Å². The van der Waals surface area contributed by atoms with E-state index in [2.05, 4.69) is 13.8 Å². The van der Waals surface area contributed by atoms with Crippen LogP contribution in [0, 0.1) is 17.7 Å². The van der Waals surface area contributed by atoms with Crippen molar-refractivity contribution in [2.75, 3.05) is 4.90 Å². The maximum Gasteiger partial charge on any atom is 0.162 e. The zero-order valence-electron chi connectivity index (χ0n) is 20.4. The van der Waals surface area contributed by atoms with Crippen molar-refractivity contribution in [2.45, 2.75) is 39.5 Å². The Labute approximate surface area is 206 Å². The summed E-state index contributed by atoms with van der Waals surface area (Å²) in [5.41, 5.74) is 5.22. The molecule has 0 aromatic heterocycles. The van der Waals surface area contributed by atoms with Gasteiger partial charge >= 0.3 is 0 Å². The number of hydrogen-bond acceptors (Lipinski definition) is 3. The first-order chi connectivity index (χ1) is 16.8. The van der Waals surface area contributed by atoms with Crippen LogP contribution in [0.5, 0.6) is 0 Å². The first kappa shape index (κ1) is 22.9. The van der Waals surface area contributed by atoms with Gasteiger partial charge in [-0.25, -0.2) is 0 Å². The Morgan fingerprint density at radius 1 is 0.914 bits per heavy atom. The van der Waals surface area contributed by atoms with Crippen molar-refractivity contribution in [2.24, 2.45) is 5.41 Å². The van der Waals surface area contributed by atoms with E-state index in [-0.39, 0.29) is 22.8 Å². The van der Waals surface area contributed by atoms with Crippen molar-refractivity contribution in [3.05, 3.63) is 118 Å². The zero-order chi connectivity index (χ0) is 24.7. The first-order valence-corrected chi connectivity index (χ1v) is 12.0. The number of para-hydroxylation sites is 1. The standard InChI is InChI=1S/C31H30N2O2/c1-20-14-16-22(17-15-20)29(35)28-26(21-10-6-4-7-11-21)27-24(18-31(2,3)19-25(27)34)33(30(28)32)23-12-8-5-9-13-23/h4-17,26,32,35H,18-19H2,1-3H3/t26-/m1/s1. The number of nitrogens with one attached hydrogen (secondary N) is 1. The largest absolute Gasteiger partial charge is 0.507 e. The van der Waals surface area contributed by atoms with E-state index in [4.69, 9.17) is 0 Å². The number of benzene rings is 3. The summed E-state index contributed by atoms with van der Waals surface area (Å²) in [4.78, 5) is 15.7. The Balaban J connectivity index is 1.84. The van der Waals surface area contributed by atoms with Crippen LogP contribution in [0.3, 0.4) is 0 Å². The van der Waals surface area contributed by atoms with Crippen molar-refractivity contribution in [3.8, 4) is 0 Å². The van der Waals surface area contributed by atoms with Crippen LogP contribution in [0.25, 0.3) is 5.76 Å². The van der Waals surface area contributed by atoms with Gasteiger partial charge in [0, 0.05) is 40.4 Å². The van der Waals surface area contributed by atoms with E-state index in [0.717, 1.165) is 22.5 Å². The molecule has 1 aliphatic carbocycles. The van der Waals surface area contributed by atoms with Crippen molar-refractivity contribution in [1.29, 1.82) is 5.41 Å². The third-order valence-corrected chi connectivity index (χ3v) is 6.95. The van der Waals surface area contributed by atoms with Gasteiger partial charge in [0.05, 0.1) is 0 Å². The fourth-order valence-corrected chi connectivity index (χ4v) is 5.32. The second kappa shape index (κ2) is 8.70. The fourth-order valence-electron chi connectivity index (χ4n) is 5.32. The molecule has 4 heteroatoms. The van der Waals surface area contributed by atoms with Crippen molar-refractivity contribution in [1.82, 2.24) is 0 Å². The molecule has 3 aromatic rings. The number of allylic oxidation sites excluding steroid dienone is 2. The number of anilines is 1. The van der Waals surface area contributed by atoms with Crippen LogP contribution < -0.4 is 4.90 Å². The Morgan fingerprint density at radius 3 is 2.14 bits per heavy atom. The van der Waals surface area contributed by atoms with E-state index >= 15 is 0 Å². The van der Waals surface area contributed by atoms with Crippen molar-refractivity contribution < 1.29 is 9.90 Å². The van der Waals surface area contributed by atoms with E-state index in [0.29, 0.717) is 29.6 Å². The summed E-state index contributed by atoms with van der Waals surface area (Å²) < 4.78 is 0. The number of aryl methyl sites for hydroxylation is 1. The zero-order valence-corrected chi connectivity index (χ0v) is 20.4. The van der Waals surface area contributed by atoms with Gasteiger partial charge in [0.15, 0.2) is 5.78 Å². The molecule has 176 valence electrons. The lowest BCUT2D eigenvalue weighted by Gasteiger charge is -2.45. The van der Waals surface area contributed by atoms with E-state index in [9.17, 15) is 15.3 Å². The molecule has 0 bridgehead atoms. The molecule has 0 fully saturated rings. The van der Waals surface area contributed by atoms with E-state index in [1.165, 1.54) is 0 Å². The predicted octanol–water partition coefficient (Wildman–Crippen LogP) is 7.19. The average Bonchev–Trinajstić information content (AvgIpc) is 2.84. The van der Waals surface area contributed by atoms with Gasteiger partial charge in [-0.15, -0.1) is 0 Å². The summed E-state index contributed by atoms with van der Waals surface area (Å²) in [6.45, 7) is 6.21. The van der Waals surface area contributed by atoms with Gasteiger partial charge in [0.1, 0.15) is 11.6 Å². The number of carbonyl (C=O) groups is 1. The highest BCUT2D eigenvalue weighted by Crippen LogP contribution is 2.51. The molecule has 1 aliphatic heterocycles. The molecular formula is C31H30N2O2. The van der Waals surface area contributed by atoms with Gasteiger partial charge in [0.25, 0.3) is 0 Å². The van der Waals surface area contributed by atoms with E-state index in [1.807, 2.05) is 96.8 Å². The summed E-state index contributed by atoms with van der Waals surface area (Å²) in [6.07, 6.45) is 1.11. The predicted molar refractivity (Wildman–Crippen MR) is 142 cm³/mol. The number of rotatable bonds is 3. The number of nitrogens with zero attached hydrogens (tertiary/aromatic N) is 1. The summed E-state index contributed by atoms with van der Waals surface area (Å²) in [6, 6.07) is 27.2. The second-order valence-corrected chi connectivity index (χ2v) is 10.3. The molecular weight excluding hydrogens is 432 g/mol. The van der Waals surface area contributed by atoms with Crippen molar-refractivity contribution >= 4 is 23.1 Å². The number of ketones is 1. The number of hydrogen-bond donors (Lipinski definition) is 2. The lowest BCUT2D eigenvalue weighted by Crippen LogP contribution is -2.45. The number of amidine groups is 1. The Morgan fingerprint density at radius 2 is 1.51 bits per heavy atom. The molecule has 3 aromatic carbocycles. The highest BCUT2D eigenvalue weighted by atomic mass is 16.3. The number of aliphatic hydroxyl groups excluding tert-OH is 1. The number of aliphatic hydroxyl groups is 1. The minimum atomic E-state index is -0.511. The highest BCUT2D eigenvalue weighted by molar-refractivity contribution is 6.19. The molecule has 2 N–H and O–H groups in total. The van der Waals surface area contributed by atoms with Crippen LogP contribution in [0.15, 0.2) is 102 Å². The lowest BCUT2D eigenvalue weighted by molar-refractivity contribution is -0.118. The van der Waals surface area contributed by atoms with Gasteiger partial charge in [-0.2, -0.15) is 0 Å². The van der Waals surface area contributed by atoms with Crippen LogP contribution in [-0.4, -0.2) is 16.7 Å². The number of carbonyl (C=O) groups excluding carboxylic acids is 1. The number of Topliss-reactive ketones (excluding diaryl/α,β-unsaturated/α-hetero) is 1. The smallest absolute Gasteiger partial charge is 0.162 e. The van der Waals surface area contributed by atoms with Crippen LogP contribution in [0.4, 0.5) is 5.69 Å². The van der Waals surface area contributed by atoms with Crippen LogP contribution in [0.1, 0.15) is 49.3 Å². The second-order valence-electron chi connectivity index (χ2n) is 10.3. The fraction of sp³-hybridized carbons (Fsp3) is 0.226. The molecule has 5 rings (SSSR count).